The summed E-state index contributed by atoms with van der Waals surface area (Å²) in [5, 5.41) is 0. The van der Waals surface area contributed by atoms with Crippen LogP contribution in [0.2, 0.25) is 0 Å². The Hall–Kier alpha value is -0.520. The topological polar surface area (TPSA) is 0 Å². The molecule has 0 heterocycles. The Morgan fingerprint density at radius 1 is 1.25 bits per heavy atom. The standard InChI is InChI=1S/C12H21/c1-4-6-8-9-11-12(3)10-7-5-2/h8-9,11H,3-7,10H2,1-2H3. The van der Waals surface area contributed by atoms with E-state index in [-0.39, 0.29) is 0 Å². The summed E-state index contributed by atoms with van der Waals surface area (Å²) < 4.78 is 0. The van der Waals surface area contributed by atoms with Crippen LogP contribution in [0.3, 0.4) is 0 Å². The van der Waals surface area contributed by atoms with Crippen molar-refractivity contribution in [3.63, 3.8) is 0 Å². The molecule has 0 heteroatoms. The lowest BCUT2D eigenvalue weighted by molar-refractivity contribution is 0.799. The number of allylic oxidation sites excluding steroid dienone is 3. The van der Waals surface area contributed by atoms with Crippen LogP contribution in [0.25, 0.3) is 0 Å². The number of hydrogen-bond acceptors (Lipinski definition) is 0. The van der Waals surface area contributed by atoms with Gasteiger partial charge in [-0.2, -0.15) is 0 Å². The first-order valence-corrected chi connectivity index (χ1v) is 4.98. The van der Waals surface area contributed by atoms with Crippen LogP contribution < -0.4 is 0 Å². The van der Waals surface area contributed by atoms with Crippen LogP contribution in [0.1, 0.15) is 46.0 Å². The zero-order chi connectivity index (χ0) is 9.23. The number of unbranched alkanes of at least 4 members (excludes halogenated alkanes) is 3. The van der Waals surface area contributed by atoms with E-state index in [1.165, 1.54) is 31.3 Å². The van der Waals surface area contributed by atoms with E-state index in [4.69, 9.17) is 0 Å². The summed E-state index contributed by atoms with van der Waals surface area (Å²) in [7, 11) is 0. The second-order valence-electron chi connectivity index (χ2n) is 3.15. The first kappa shape index (κ1) is 11.5. The third-order valence-electron chi connectivity index (χ3n) is 1.77. The lowest BCUT2D eigenvalue weighted by Gasteiger charge is -1.96. The molecule has 0 aliphatic heterocycles. The molecule has 0 saturated carbocycles. The molecule has 0 N–H and O–H groups in total. The summed E-state index contributed by atoms with van der Waals surface area (Å²) in [4.78, 5) is 0. The van der Waals surface area contributed by atoms with Crippen LogP contribution >= 0.6 is 0 Å². The van der Waals surface area contributed by atoms with E-state index in [1.807, 2.05) is 0 Å². The van der Waals surface area contributed by atoms with Gasteiger partial charge in [0.15, 0.2) is 0 Å². The van der Waals surface area contributed by atoms with E-state index < -0.39 is 0 Å². The van der Waals surface area contributed by atoms with Gasteiger partial charge in [0.05, 0.1) is 0 Å². The molecule has 0 fully saturated rings. The van der Waals surface area contributed by atoms with Crippen LogP contribution in [0.4, 0.5) is 0 Å². The van der Waals surface area contributed by atoms with Crippen LogP contribution in [0.5, 0.6) is 0 Å². The molecule has 0 spiro atoms. The number of rotatable bonds is 7. The maximum Gasteiger partial charge on any atom is -0.0167 e. The van der Waals surface area contributed by atoms with Crippen molar-refractivity contribution in [2.24, 2.45) is 0 Å². The van der Waals surface area contributed by atoms with Gasteiger partial charge in [-0.25, -0.2) is 0 Å². The minimum atomic E-state index is 1.15. The van der Waals surface area contributed by atoms with Crippen molar-refractivity contribution in [3.05, 3.63) is 30.7 Å². The Kier molecular flexibility index (Phi) is 8.20. The summed E-state index contributed by atoms with van der Waals surface area (Å²) in [6.45, 7) is 8.38. The van der Waals surface area contributed by atoms with Crippen molar-refractivity contribution in [2.75, 3.05) is 0 Å². The molecule has 0 aromatic heterocycles. The molecular formula is C12H21. The molecule has 0 aliphatic rings. The first-order valence-electron chi connectivity index (χ1n) is 4.98. The van der Waals surface area contributed by atoms with Gasteiger partial charge in [0.2, 0.25) is 0 Å². The van der Waals surface area contributed by atoms with Crippen LogP contribution in [0.15, 0.2) is 24.3 Å². The Balaban J connectivity index is 3.34. The van der Waals surface area contributed by atoms with E-state index in [0.717, 1.165) is 6.42 Å². The Morgan fingerprint density at radius 2 is 2.00 bits per heavy atom. The van der Waals surface area contributed by atoms with E-state index in [9.17, 15) is 0 Å². The van der Waals surface area contributed by atoms with E-state index in [0.29, 0.717) is 0 Å². The molecule has 0 rings (SSSR count). The van der Waals surface area contributed by atoms with Crippen LogP contribution in [-0.4, -0.2) is 0 Å². The molecule has 0 nitrogen and oxygen atoms in total. The van der Waals surface area contributed by atoms with Crippen molar-refractivity contribution in [1.29, 1.82) is 0 Å². The maximum atomic E-state index is 3.98. The van der Waals surface area contributed by atoms with Crippen molar-refractivity contribution >= 4 is 0 Å². The van der Waals surface area contributed by atoms with Crippen molar-refractivity contribution < 1.29 is 0 Å². The minimum absolute atomic E-state index is 1.15. The van der Waals surface area contributed by atoms with Gasteiger partial charge in [0.1, 0.15) is 0 Å². The lowest BCUT2D eigenvalue weighted by Crippen LogP contribution is -1.76. The fourth-order valence-electron chi connectivity index (χ4n) is 0.954. The molecular weight excluding hydrogens is 144 g/mol. The molecule has 1 radical (unpaired) electrons. The average Bonchev–Trinajstić information content (AvgIpc) is 2.09. The van der Waals surface area contributed by atoms with Crippen LogP contribution in [0, 0.1) is 6.42 Å². The summed E-state index contributed by atoms with van der Waals surface area (Å²) in [5.41, 5.74) is 1.25. The lowest BCUT2D eigenvalue weighted by atomic mass is 10.1. The fourth-order valence-corrected chi connectivity index (χ4v) is 0.954. The second kappa shape index (κ2) is 8.58. The normalized spacial score (nSPS) is 10.8. The quantitative estimate of drug-likeness (QED) is 0.390. The molecule has 0 aromatic rings. The Labute approximate surface area is 77.4 Å². The molecule has 0 bridgehead atoms. The average molecular weight is 165 g/mol. The monoisotopic (exact) mass is 165 g/mol. The van der Waals surface area contributed by atoms with Gasteiger partial charge in [0.25, 0.3) is 0 Å². The minimum Gasteiger partial charge on any atom is -0.0958 e. The molecule has 0 saturated heterocycles. The van der Waals surface area contributed by atoms with E-state index >= 15 is 0 Å². The van der Waals surface area contributed by atoms with Crippen LogP contribution in [-0.2, 0) is 0 Å². The second-order valence-corrected chi connectivity index (χ2v) is 3.15. The summed E-state index contributed by atoms with van der Waals surface area (Å²) >= 11 is 0. The highest BCUT2D eigenvalue weighted by molar-refractivity contribution is 5.16. The van der Waals surface area contributed by atoms with Crippen molar-refractivity contribution in [1.82, 2.24) is 0 Å². The van der Waals surface area contributed by atoms with Gasteiger partial charge in [0, 0.05) is 0 Å². The highest BCUT2D eigenvalue weighted by Crippen LogP contribution is 2.06. The van der Waals surface area contributed by atoms with Gasteiger partial charge >= 0.3 is 0 Å². The molecule has 0 aliphatic carbocycles. The van der Waals surface area contributed by atoms with Gasteiger partial charge in [-0.3, -0.25) is 0 Å². The first-order chi connectivity index (χ1) is 5.81. The largest absolute Gasteiger partial charge is 0.0958 e. The summed E-state index contributed by atoms with van der Waals surface area (Å²) in [5.74, 6) is 0. The number of hydrogen-bond donors (Lipinski definition) is 0. The summed E-state index contributed by atoms with van der Waals surface area (Å²) in [6, 6.07) is 0. The summed E-state index contributed by atoms with van der Waals surface area (Å²) in [6.07, 6.45) is 12.5. The Morgan fingerprint density at radius 3 is 2.58 bits per heavy atom. The molecule has 0 amide bonds. The molecule has 0 aromatic carbocycles. The predicted octanol–water partition coefficient (Wildman–Crippen LogP) is 4.29. The zero-order valence-corrected chi connectivity index (χ0v) is 8.47. The molecule has 12 heavy (non-hydrogen) atoms. The highest BCUT2D eigenvalue weighted by Gasteiger charge is 1.87. The predicted molar refractivity (Wildman–Crippen MR) is 57.0 cm³/mol. The van der Waals surface area contributed by atoms with E-state index in [1.54, 1.807) is 0 Å². The van der Waals surface area contributed by atoms with Gasteiger partial charge in [-0.1, -0.05) is 51.0 Å². The van der Waals surface area contributed by atoms with Crippen molar-refractivity contribution in [2.45, 2.75) is 46.0 Å². The molecule has 0 unspecified atom stereocenters. The molecule has 69 valence electrons. The fraction of sp³-hybridized carbons (Fsp3) is 0.583. The Bertz CT molecular complexity index is 131. The van der Waals surface area contributed by atoms with Gasteiger partial charge in [-0.15, -0.1) is 0 Å². The third kappa shape index (κ3) is 7.59. The zero-order valence-electron chi connectivity index (χ0n) is 8.47. The smallest absolute Gasteiger partial charge is 0.0167 e. The van der Waals surface area contributed by atoms with E-state index in [2.05, 4.69) is 39.0 Å². The SMILES string of the molecule is C=C(C=C[CH]CCC)CCCC. The maximum absolute atomic E-state index is 3.98. The van der Waals surface area contributed by atoms with Crippen molar-refractivity contribution in [3.8, 4) is 0 Å². The third-order valence-corrected chi connectivity index (χ3v) is 1.77. The molecule has 0 atom stereocenters. The van der Waals surface area contributed by atoms with Gasteiger partial charge in [-0.05, 0) is 25.7 Å². The van der Waals surface area contributed by atoms with Gasteiger partial charge < -0.3 is 0 Å². The highest BCUT2D eigenvalue weighted by atomic mass is 13.9.